The van der Waals surface area contributed by atoms with E-state index in [1.165, 1.54) is 4.90 Å². The third kappa shape index (κ3) is 7.50. The Morgan fingerprint density at radius 2 is 1.76 bits per heavy atom. The Hall–Kier alpha value is -4.67. The molecule has 1 saturated heterocycles. The highest BCUT2D eigenvalue weighted by Gasteiger charge is 2.62. The average molecular weight is 671 g/mol. The van der Waals surface area contributed by atoms with Crippen LogP contribution in [-0.2, 0) is 23.9 Å². The van der Waals surface area contributed by atoms with Gasteiger partial charge in [0.2, 0.25) is 17.7 Å². The van der Waals surface area contributed by atoms with Gasteiger partial charge in [0.1, 0.15) is 29.3 Å². The van der Waals surface area contributed by atoms with Crippen molar-refractivity contribution in [2.45, 2.75) is 102 Å². The molecule has 1 saturated carbocycles. The molecule has 3 amide bonds. The van der Waals surface area contributed by atoms with Crippen LogP contribution in [0.25, 0.3) is 21.7 Å². The lowest BCUT2D eigenvalue weighted by Crippen LogP contribution is -2.56. The number of para-hydroxylation sites is 1. The molecule has 0 bridgehead atoms. The maximum absolute atomic E-state index is 14.4. The highest BCUT2D eigenvalue weighted by Crippen LogP contribution is 2.46. The first-order valence-electron chi connectivity index (χ1n) is 17.4. The number of hydrogen-bond acceptors (Lipinski definition) is 8. The van der Waals surface area contributed by atoms with Crippen molar-refractivity contribution in [3.63, 3.8) is 0 Å². The van der Waals surface area contributed by atoms with Crippen LogP contribution in [0.5, 0.6) is 5.88 Å². The highest BCUT2D eigenvalue weighted by atomic mass is 16.6. The number of esters is 1. The number of fused-ring (bicyclic) bond motifs is 5. The van der Waals surface area contributed by atoms with Gasteiger partial charge in [0.15, 0.2) is 0 Å². The summed E-state index contributed by atoms with van der Waals surface area (Å²) in [7, 11) is 0. The van der Waals surface area contributed by atoms with Crippen LogP contribution >= 0.6 is 0 Å². The quantitative estimate of drug-likeness (QED) is 0.204. The molecule has 11 nitrogen and oxygen atoms in total. The lowest BCUT2D eigenvalue weighted by molar-refractivity contribution is -0.150. The van der Waals surface area contributed by atoms with E-state index in [4.69, 9.17) is 19.2 Å². The van der Waals surface area contributed by atoms with Gasteiger partial charge < -0.3 is 29.7 Å². The minimum Gasteiger partial charge on any atom is -0.472 e. The summed E-state index contributed by atoms with van der Waals surface area (Å²) in [5.74, 6) is -1.14. The topological polar surface area (TPSA) is 136 Å². The number of carbonyl (C=O) groups is 4. The first-order valence-corrected chi connectivity index (χ1v) is 17.4. The van der Waals surface area contributed by atoms with Gasteiger partial charge in [-0.2, -0.15) is 0 Å². The number of allylic oxidation sites excluding steroid dienone is 1. The third-order valence-electron chi connectivity index (χ3n) is 9.42. The van der Waals surface area contributed by atoms with Crippen LogP contribution in [0, 0.1) is 5.92 Å². The summed E-state index contributed by atoms with van der Waals surface area (Å²) in [6.07, 6.45) is 6.92. The van der Waals surface area contributed by atoms with Crippen molar-refractivity contribution in [3.8, 4) is 5.88 Å². The van der Waals surface area contributed by atoms with Crippen LogP contribution in [0.2, 0.25) is 0 Å². The molecule has 2 fully saturated rings. The molecular weight excluding hydrogens is 624 g/mol. The number of nitrogens with zero attached hydrogens (tertiary/aromatic N) is 2. The number of benzene rings is 2. The van der Waals surface area contributed by atoms with E-state index < -0.39 is 53.2 Å². The summed E-state index contributed by atoms with van der Waals surface area (Å²) in [5.41, 5.74) is -1.18. The van der Waals surface area contributed by atoms with Crippen molar-refractivity contribution in [2.75, 3.05) is 13.2 Å². The Kier molecular flexibility index (Phi) is 9.81. The van der Waals surface area contributed by atoms with Crippen LogP contribution in [0.1, 0.15) is 72.6 Å². The Labute approximate surface area is 286 Å². The van der Waals surface area contributed by atoms with E-state index in [9.17, 15) is 19.2 Å². The zero-order chi connectivity index (χ0) is 34.8. The second-order valence-corrected chi connectivity index (χ2v) is 14.2. The summed E-state index contributed by atoms with van der Waals surface area (Å²) in [6, 6.07) is 13.8. The van der Waals surface area contributed by atoms with E-state index in [0.717, 1.165) is 40.9 Å². The maximum Gasteiger partial charge on any atom is 0.408 e. The van der Waals surface area contributed by atoms with Gasteiger partial charge in [-0.15, -0.1) is 0 Å². The van der Waals surface area contributed by atoms with E-state index >= 15 is 0 Å². The zero-order valence-electron chi connectivity index (χ0n) is 28.7. The summed E-state index contributed by atoms with van der Waals surface area (Å²) in [5, 5.41) is 8.58. The fourth-order valence-electron chi connectivity index (χ4n) is 6.96. The van der Waals surface area contributed by atoms with Crippen molar-refractivity contribution >= 4 is 45.6 Å². The number of hydrogen-bond donors (Lipinski definition) is 2. The lowest BCUT2D eigenvalue weighted by atomic mass is 10.0. The second-order valence-electron chi connectivity index (χ2n) is 14.2. The van der Waals surface area contributed by atoms with Crippen LogP contribution in [0.4, 0.5) is 4.79 Å². The van der Waals surface area contributed by atoms with Crippen molar-refractivity contribution in [3.05, 3.63) is 60.7 Å². The van der Waals surface area contributed by atoms with Crippen molar-refractivity contribution in [1.29, 1.82) is 0 Å². The van der Waals surface area contributed by atoms with Crippen molar-refractivity contribution in [2.24, 2.45) is 5.92 Å². The van der Waals surface area contributed by atoms with Crippen LogP contribution in [0.3, 0.4) is 0 Å². The molecule has 0 spiro atoms. The maximum atomic E-state index is 14.4. The van der Waals surface area contributed by atoms with Gasteiger partial charge in [-0.25, -0.2) is 14.6 Å². The highest BCUT2D eigenvalue weighted by molar-refractivity contribution is 6.07. The summed E-state index contributed by atoms with van der Waals surface area (Å²) < 4.78 is 17.5. The number of aromatic nitrogens is 1. The standard InChI is InChI=1S/C38H46N4O7/c1-5-47-35(45)38-22-24(38)15-9-7-6-8-10-20-30(40-36(46)49-37(2,3)4)34(44)42-23-25(21-31(42)32(43)41-38)48-33-28-18-12-11-16-26(28)27-17-13-14-19-29(27)39-33/h9,11-19,24-25,30-31H,5-8,10,20-23H2,1-4H3,(H,40,46)(H,41,43). The average Bonchev–Trinajstić information content (AvgIpc) is 3.59. The molecule has 5 atom stereocenters. The molecule has 3 aliphatic rings. The molecule has 1 aliphatic carbocycles. The Bertz CT molecular complexity index is 1770. The largest absolute Gasteiger partial charge is 0.472 e. The number of amides is 3. The molecule has 2 aromatic carbocycles. The number of pyridine rings is 1. The normalized spacial score (nSPS) is 26.2. The second kappa shape index (κ2) is 14.1. The molecule has 2 aliphatic heterocycles. The molecule has 6 rings (SSSR count). The molecule has 3 heterocycles. The van der Waals surface area contributed by atoms with Crippen LogP contribution < -0.4 is 15.4 Å². The Morgan fingerprint density at radius 3 is 2.51 bits per heavy atom. The number of carbonyl (C=O) groups excluding carboxylic acids is 4. The molecule has 260 valence electrons. The van der Waals surface area contributed by atoms with Gasteiger partial charge in [-0.3, -0.25) is 9.59 Å². The first kappa shape index (κ1) is 34.2. The molecule has 0 radical (unpaired) electrons. The smallest absolute Gasteiger partial charge is 0.408 e. The Morgan fingerprint density at radius 1 is 1.02 bits per heavy atom. The Balaban J connectivity index is 1.33. The van der Waals surface area contributed by atoms with Crippen molar-refractivity contribution < 1.29 is 33.4 Å². The van der Waals surface area contributed by atoms with E-state index in [-0.39, 0.29) is 25.5 Å². The number of alkyl carbamates (subject to hydrolysis) is 1. The number of ether oxygens (including phenoxy) is 3. The van der Waals surface area contributed by atoms with E-state index in [0.29, 0.717) is 25.1 Å². The minimum absolute atomic E-state index is 0.0853. The molecule has 1 aromatic heterocycles. The first-order chi connectivity index (χ1) is 23.5. The zero-order valence-corrected chi connectivity index (χ0v) is 28.7. The molecule has 2 N–H and O–H groups in total. The van der Waals surface area contributed by atoms with Crippen LogP contribution in [-0.4, -0.2) is 76.2 Å². The monoisotopic (exact) mass is 670 g/mol. The lowest BCUT2D eigenvalue weighted by Gasteiger charge is -2.30. The molecule has 49 heavy (non-hydrogen) atoms. The van der Waals surface area contributed by atoms with E-state index in [1.807, 2.05) is 60.7 Å². The fourth-order valence-corrected chi connectivity index (χ4v) is 6.96. The summed E-state index contributed by atoms with van der Waals surface area (Å²) in [6.45, 7) is 7.28. The minimum atomic E-state index is -1.19. The van der Waals surface area contributed by atoms with Gasteiger partial charge in [-0.05, 0) is 70.9 Å². The van der Waals surface area contributed by atoms with Gasteiger partial charge in [0.05, 0.1) is 18.7 Å². The summed E-state index contributed by atoms with van der Waals surface area (Å²) in [4.78, 5) is 61.1. The third-order valence-corrected chi connectivity index (χ3v) is 9.42. The van der Waals surface area contributed by atoms with Gasteiger partial charge in [-0.1, -0.05) is 61.4 Å². The van der Waals surface area contributed by atoms with E-state index in [2.05, 4.69) is 10.6 Å². The van der Waals surface area contributed by atoms with Gasteiger partial charge in [0.25, 0.3) is 0 Å². The number of rotatable bonds is 5. The predicted octanol–water partition coefficient (Wildman–Crippen LogP) is 5.59. The molecule has 11 heteroatoms. The molecule has 3 aromatic rings. The fraction of sp³-hybridized carbons (Fsp3) is 0.500. The van der Waals surface area contributed by atoms with E-state index in [1.54, 1.807) is 27.7 Å². The molecule has 5 unspecified atom stereocenters. The SMILES string of the molecule is CCOC(=O)C12CC1C=CCCCCCC(NC(=O)OC(C)(C)C)C(=O)N1CC(Oc3nc4ccccc4c4ccccc34)CC1C(=O)N2. The van der Waals surface area contributed by atoms with Gasteiger partial charge >= 0.3 is 12.1 Å². The number of nitrogens with one attached hydrogen (secondary N) is 2. The van der Waals surface area contributed by atoms with Crippen LogP contribution in [0.15, 0.2) is 60.7 Å². The summed E-state index contributed by atoms with van der Waals surface area (Å²) >= 11 is 0. The van der Waals surface area contributed by atoms with Crippen molar-refractivity contribution in [1.82, 2.24) is 20.5 Å². The molecular formula is C38H46N4O7. The van der Waals surface area contributed by atoms with Gasteiger partial charge in [0, 0.05) is 23.1 Å². The predicted molar refractivity (Wildman–Crippen MR) is 185 cm³/mol.